The van der Waals surface area contributed by atoms with E-state index in [1.165, 1.54) is 30.2 Å². The lowest BCUT2D eigenvalue weighted by Crippen LogP contribution is -2.31. The third-order valence-electron chi connectivity index (χ3n) is 5.00. The van der Waals surface area contributed by atoms with E-state index in [1.807, 2.05) is 12.3 Å². The van der Waals surface area contributed by atoms with E-state index in [1.54, 1.807) is 0 Å². The van der Waals surface area contributed by atoms with Gasteiger partial charge in [-0.1, -0.05) is 38.1 Å². The molecule has 0 amide bonds. The van der Waals surface area contributed by atoms with Crippen molar-refractivity contribution in [1.82, 2.24) is 10.3 Å². The quantitative estimate of drug-likeness (QED) is 0.892. The SMILES string of the molecule is CNC(c1cccc2cccnc12)C1CC(C)CC(C)C1. The van der Waals surface area contributed by atoms with Crippen LogP contribution in [0.2, 0.25) is 0 Å². The van der Waals surface area contributed by atoms with E-state index in [0.717, 1.165) is 17.4 Å². The van der Waals surface area contributed by atoms with Crippen molar-refractivity contribution in [2.75, 3.05) is 7.05 Å². The lowest BCUT2D eigenvalue weighted by molar-refractivity contribution is 0.181. The Labute approximate surface area is 128 Å². The average molecular weight is 282 g/mol. The van der Waals surface area contributed by atoms with Crippen LogP contribution in [0, 0.1) is 17.8 Å². The molecular formula is C19H26N2. The van der Waals surface area contributed by atoms with Gasteiger partial charge >= 0.3 is 0 Å². The van der Waals surface area contributed by atoms with Gasteiger partial charge in [0.15, 0.2) is 0 Å². The number of aromatic nitrogens is 1. The van der Waals surface area contributed by atoms with Gasteiger partial charge in [-0.05, 0) is 55.7 Å². The van der Waals surface area contributed by atoms with Crippen LogP contribution in [0.3, 0.4) is 0 Å². The normalized spacial score (nSPS) is 27.7. The van der Waals surface area contributed by atoms with Gasteiger partial charge in [-0.2, -0.15) is 0 Å². The highest BCUT2D eigenvalue weighted by Crippen LogP contribution is 2.40. The van der Waals surface area contributed by atoms with Crippen molar-refractivity contribution in [3.05, 3.63) is 42.1 Å². The van der Waals surface area contributed by atoms with E-state index in [9.17, 15) is 0 Å². The summed E-state index contributed by atoms with van der Waals surface area (Å²) in [6.07, 6.45) is 5.92. The number of nitrogens with one attached hydrogen (secondary N) is 1. The van der Waals surface area contributed by atoms with Crippen LogP contribution < -0.4 is 5.32 Å². The summed E-state index contributed by atoms with van der Waals surface area (Å²) in [6, 6.07) is 11.2. The van der Waals surface area contributed by atoms with E-state index in [-0.39, 0.29) is 0 Å². The van der Waals surface area contributed by atoms with Crippen molar-refractivity contribution < 1.29 is 0 Å². The number of nitrogens with zero attached hydrogens (tertiary/aromatic N) is 1. The second-order valence-electron chi connectivity index (χ2n) is 6.87. The van der Waals surface area contributed by atoms with E-state index >= 15 is 0 Å². The van der Waals surface area contributed by atoms with E-state index in [0.29, 0.717) is 12.0 Å². The number of benzene rings is 1. The average Bonchev–Trinajstić information content (AvgIpc) is 2.47. The minimum Gasteiger partial charge on any atom is -0.313 e. The number of fused-ring (bicyclic) bond motifs is 1. The molecule has 0 spiro atoms. The molecule has 1 heterocycles. The summed E-state index contributed by atoms with van der Waals surface area (Å²) in [4.78, 5) is 4.64. The summed E-state index contributed by atoms with van der Waals surface area (Å²) in [5, 5.41) is 4.82. The van der Waals surface area contributed by atoms with E-state index in [4.69, 9.17) is 0 Å². The van der Waals surface area contributed by atoms with Gasteiger partial charge in [0.05, 0.1) is 5.52 Å². The number of para-hydroxylation sites is 1. The fourth-order valence-corrected chi connectivity index (χ4v) is 4.31. The van der Waals surface area contributed by atoms with Gasteiger partial charge in [0, 0.05) is 17.6 Å². The summed E-state index contributed by atoms with van der Waals surface area (Å²) in [5.41, 5.74) is 2.52. The molecule has 2 heteroatoms. The number of rotatable bonds is 3. The Morgan fingerprint density at radius 1 is 1.05 bits per heavy atom. The Balaban J connectivity index is 1.98. The summed E-state index contributed by atoms with van der Waals surface area (Å²) >= 11 is 0. The zero-order valence-electron chi connectivity index (χ0n) is 13.3. The molecule has 1 N–H and O–H groups in total. The van der Waals surface area contributed by atoms with Crippen molar-refractivity contribution in [1.29, 1.82) is 0 Å². The summed E-state index contributed by atoms with van der Waals surface area (Å²) in [6.45, 7) is 4.80. The Morgan fingerprint density at radius 2 is 1.76 bits per heavy atom. The molecule has 1 saturated carbocycles. The summed E-state index contributed by atoms with van der Waals surface area (Å²) < 4.78 is 0. The monoisotopic (exact) mass is 282 g/mol. The highest BCUT2D eigenvalue weighted by Gasteiger charge is 2.31. The molecule has 112 valence electrons. The van der Waals surface area contributed by atoms with Crippen LogP contribution in [0.4, 0.5) is 0 Å². The first kappa shape index (κ1) is 14.5. The van der Waals surface area contributed by atoms with Gasteiger partial charge in [-0.3, -0.25) is 4.98 Å². The van der Waals surface area contributed by atoms with E-state index in [2.05, 4.69) is 55.5 Å². The number of hydrogen-bond acceptors (Lipinski definition) is 2. The molecule has 1 fully saturated rings. The number of pyridine rings is 1. The molecule has 1 aliphatic rings. The molecule has 21 heavy (non-hydrogen) atoms. The third-order valence-corrected chi connectivity index (χ3v) is 5.00. The topological polar surface area (TPSA) is 24.9 Å². The van der Waals surface area contributed by atoms with Crippen LogP contribution in [0.15, 0.2) is 36.5 Å². The molecule has 0 bridgehead atoms. The van der Waals surface area contributed by atoms with Crippen molar-refractivity contribution in [3.63, 3.8) is 0 Å². The summed E-state index contributed by atoms with van der Waals surface area (Å²) in [5.74, 6) is 2.37. The fraction of sp³-hybridized carbons (Fsp3) is 0.526. The molecule has 3 rings (SSSR count). The smallest absolute Gasteiger partial charge is 0.0749 e. The first-order chi connectivity index (χ1) is 10.2. The fourth-order valence-electron chi connectivity index (χ4n) is 4.31. The van der Waals surface area contributed by atoms with Gasteiger partial charge in [-0.25, -0.2) is 0 Å². The first-order valence-corrected chi connectivity index (χ1v) is 8.20. The Kier molecular flexibility index (Phi) is 4.25. The van der Waals surface area contributed by atoms with Crippen LogP contribution in [0.25, 0.3) is 10.9 Å². The first-order valence-electron chi connectivity index (χ1n) is 8.20. The molecule has 2 aromatic rings. The third kappa shape index (κ3) is 2.96. The molecular weight excluding hydrogens is 256 g/mol. The molecule has 3 atom stereocenters. The minimum absolute atomic E-state index is 0.411. The second-order valence-corrected chi connectivity index (χ2v) is 6.87. The zero-order chi connectivity index (χ0) is 14.8. The second kappa shape index (κ2) is 6.15. The molecule has 1 aromatic heterocycles. The standard InChI is InChI=1S/C19H26N2/c1-13-10-14(2)12-16(11-13)18(20-3)17-8-4-6-15-7-5-9-21-19(15)17/h4-9,13-14,16,18,20H,10-12H2,1-3H3. The van der Waals surface area contributed by atoms with Gasteiger partial charge in [0.25, 0.3) is 0 Å². The largest absolute Gasteiger partial charge is 0.313 e. The highest BCUT2D eigenvalue weighted by atomic mass is 14.9. The molecule has 0 aliphatic heterocycles. The maximum Gasteiger partial charge on any atom is 0.0749 e. The van der Waals surface area contributed by atoms with Crippen molar-refractivity contribution >= 4 is 10.9 Å². The van der Waals surface area contributed by atoms with Crippen LogP contribution >= 0.6 is 0 Å². The number of hydrogen-bond donors (Lipinski definition) is 1. The van der Waals surface area contributed by atoms with Gasteiger partial charge in [0.1, 0.15) is 0 Å². The Hall–Kier alpha value is -1.41. The van der Waals surface area contributed by atoms with E-state index < -0.39 is 0 Å². The van der Waals surface area contributed by atoms with Crippen molar-refractivity contribution in [2.45, 2.75) is 39.2 Å². The van der Waals surface area contributed by atoms with Gasteiger partial charge in [-0.15, -0.1) is 0 Å². The van der Waals surface area contributed by atoms with Crippen molar-refractivity contribution in [3.8, 4) is 0 Å². The van der Waals surface area contributed by atoms with Crippen molar-refractivity contribution in [2.24, 2.45) is 17.8 Å². The van der Waals surface area contributed by atoms with Gasteiger partial charge < -0.3 is 5.32 Å². The maximum absolute atomic E-state index is 4.64. The van der Waals surface area contributed by atoms with Gasteiger partial charge in [0.2, 0.25) is 0 Å². The molecule has 3 unspecified atom stereocenters. The lowest BCUT2D eigenvalue weighted by Gasteiger charge is -2.37. The maximum atomic E-state index is 4.64. The zero-order valence-corrected chi connectivity index (χ0v) is 13.3. The molecule has 1 aliphatic carbocycles. The Morgan fingerprint density at radius 3 is 2.48 bits per heavy atom. The lowest BCUT2D eigenvalue weighted by atomic mass is 9.72. The predicted octanol–water partition coefficient (Wildman–Crippen LogP) is 4.57. The summed E-state index contributed by atoms with van der Waals surface area (Å²) in [7, 11) is 2.09. The van der Waals surface area contributed by atoms with Crippen LogP contribution in [0.1, 0.15) is 44.7 Å². The van der Waals surface area contributed by atoms with Crippen LogP contribution in [-0.4, -0.2) is 12.0 Å². The molecule has 2 nitrogen and oxygen atoms in total. The Bertz CT molecular complexity index is 592. The predicted molar refractivity (Wildman–Crippen MR) is 89.2 cm³/mol. The molecule has 0 saturated heterocycles. The minimum atomic E-state index is 0.411. The molecule has 1 aromatic carbocycles. The van der Waals surface area contributed by atoms with Crippen LogP contribution in [0.5, 0.6) is 0 Å². The highest BCUT2D eigenvalue weighted by molar-refractivity contribution is 5.82. The van der Waals surface area contributed by atoms with Crippen LogP contribution in [-0.2, 0) is 0 Å². The molecule has 0 radical (unpaired) electrons.